The van der Waals surface area contributed by atoms with E-state index in [0.29, 0.717) is 0 Å². The number of thiol groups is 3. The molecule has 7 nitrogen and oxygen atoms in total. The van der Waals surface area contributed by atoms with E-state index in [-0.39, 0.29) is 36.5 Å². The summed E-state index contributed by atoms with van der Waals surface area (Å²) in [6.45, 7) is -0.696. The standard InChI is InChI=1S/C12H21NO6S3/c14-9(15)7-13(8(1-4-20)10(16)17)12(2-5-21,3-6-22)11(18)19/h8,20-22H,1-7H2,(H,14,15)(H,16,17)(H,18,19). The molecule has 10 heteroatoms. The molecule has 0 saturated carbocycles. The molecule has 0 aromatic carbocycles. The predicted octanol–water partition coefficient (Wildman–Crippen LogP) is 0.609. The molecule has 0 amide bonds. The zero-order valence-electron chi connectivity index (χ0n) is 11.9. The Morgan fingerprint density at radius 1 is 0.955 bits per heavy atom. The monoisotopic (exact) mass is 371 g/mol. The smallest absolute Gasteiger partial charge is 0.324 e. The first-order valence-corrected chi connectivity index (χ1v) is 8.43. The van der Waals surface area contributed by atoms with E-state index in [1.54, 1.807) is 0 Å². The summed E-state index contributed by atoms with van der Waals surface area (Å²) in [6.07, 6.45) is 0.0468. The van der Waals surface area contributed by atoms with E-state index in [2.05, 4.69) is 37.9 Å². The zero-order chi connectivity index (χ0) is 17.3. The minimum absolute atomic E-state index is 0.00956. The lowest BCUT2D eigenvalue weighted by Crippen LogP contribution is -2.62. The number of carboxylic acids is 3. The van der Waals surface area contributed by atoms with Gasteiger partial charge in [-0.2, -0.15) is 37.9 Å². The van der Waals surface area contributed by atoms with Gasteiger partial charge >= 0.3 is 17.9 Å². The van der Waals surface area contributed by atoms with E-state index in [4.69, 9.17) is 5.11 Å². The summed E-state index contributed by atoms with van der Waals surface area (Å²) in [5.41, 5.74) is -1.64. The molecule has 0 rings (SSSR count). The minimum atomic E-state index is -1.64. The fourth-order valence-electron chi connectivity index (χ4n) is 2.36. The van der Waals surface area contributed by atoms with Crippen LogP contribution in [0.3, 0.4) is 0 Å². The lowest BCUT2D eigenvalue weighted by molar-refractivity contribution is -0.163. The van der Waals surface area contributed by atoms with Crippen molar-refractivity contribution >= 4 is 55.8 Å². The maximum Gasteiger partial charge on any atom is 0.324 e. The van der Waals surface area contributed by atoms with Crippen LogP contribution < -0.4 is 0 Å². The number of rotatable bonds is 12. The molecule has 1 unspecified atom stereocenters. The lowest BCUT2D eigenvalue weighted by Gasteiger charge is -2.42. The Morgan fingerprint density at radius 2 is 1.45 bits per heavy atom. The molecule has 128 valence electrons. The van der Waals surface area contributed by atoms with Gasteiger partial charge in [0.05, 0.1) is 6.54 Å². The lowest BCUT2D eigenvalue weighted by atomic mass is 9.88. The average Bonchev–Trinajstić information content (AvgIpc) is 2.41. The third kappa shape index (κ3) is 5.56. The Balaban J connectivity index is 5.96. The van der Waals surface area contributed by atoms with Crippen LogP contribution >= 0.6 is 37.9 Å². The van der Waals surface area contributed by atoms with Crippen molar-refractivity contribution in [3.63, 3.8) is 0 Å². The Kier molecular flexibility index (Phi) is 9.97. The molecule has 0 radical (unpaired) electrons. The van der Waals surface area contributed by atoms with Crippen molar-refractivity contribution in [2.24, 2.45) is 0 Å². The molecule has 0 saturated heterocycles. The van der Waals surface area contributed by atoms with Crippen LogP contribution in [0.4, 0.5) is 0 Å². The molecule has 1 atom stereocenters. The molecule has 0 bridgehead atoms. The number of hydrogen-bond acceptors (Lipinski definition) is 7. The van der Waals surface area contributed by atoms with E-state index in [1.165, 1.54) is 0 Å². The van der Waals surface area contributed by atoms with Gasteiger partial charge in [0.15, 0.2) is 0 Å². The van der Waals surface area contributed by atoms with Gasteiger partial charge in [-0.05, 0) is 36.5 Å². The fraction of sp³-hybridized carbons (Fsp3) is 0.750. The van der Waals surface area contributed by atoms with Crippen molar-refractivity contribution in [3.05, 3.63) is 0 Å². The number of nitrogens with zero attached hydrogens (tertiary/aromatic N) is 1. The number of carbonyl (C=O) groups is 3. The molecule has 0 heterocycles. The molecule has 22 heavy (non-hydrogen) atoms. The van der Waals surface area contributed by atoms with Gasteiger partial charge < -0.3 is 15.3 Å². The van der Waals surface area contributed by atoms with Gasteiger partial charge in [0.1, 0.15) is 11.6 Å². The van der Waals surface area contributed by atoms with E-state index in [0.717, 1.165) is 4.90 Å². The van der Waals surface area contributed by atoms with Crippen LogP contribution in [0.2, 0.25) is 0 Å². The maximum absolute atomic E-state index is 11.8. The summed E-state index contributed by atoms with van der Waals surface area (Å²) in [7, 11) is 0. The van der Waals surface area contributed by atoms with Crippen molar-refractivity contribution in [2.45, 2.75) is 30.8 Å². The van der Waals surface area contributed by atoms with Crippen molar-refractivity contribution in [1.82, 2.24) is 4.90 Å². The van der Waals surface area contributed by atoms with E-state index in [9.17, 15) is 24.6 Å². The average molecular weight is 372 g/mol. The SMILES string of the molecule is O=C(O)CN(C(CCS)C(=O)O)C(CCS)(CCS)C(=O)O. The molecule has 0 aliphatic heterocycles. The van der Waals surface area contributed by atoms with Crippen LogP contribution in [0.15, 0.2) is 0 Å². The molecule has 3 N–H and O–H groups in total. The Labute approximate surface area is 145 Å². The minimum Gasteiger partial charge on any atom is -0.480 e. The summed E-state index contributed by atoms with van der Waals surface area (Å²) in [5, 5.41) is 28.1. The maximum atomic E-state index is 11.8. The predicted molar refractivity (Wildman–Crippen MR) is 91.5 cm³/mol. The molecule has 0 aliphatic carbocycles. The van der Waals surface area contributed by atoms with Gasteiger partial charge in [-0.3, -0.25) is 19.3 Å². The third-order valence-corrected chi connectivity index (χ3v) is 4.07. The summed E-state index contributed by atoms with van der Waals surface area (Å²) in [4.78, 5) is 35.5. The molecule has 0 fully saturated rings. The largest absolute Gasteiger partial charge is 0.480 e. The molecule has 0 aromatic rings. The van der Waals surface area contributed by atoms with Crippen LogP contribution in [0, 0.1) is 0 Å². The summed E-state index contributed by atoms with van der Waals surface area (Å²) in [5.74, 6) is -3.33. The van der Waals surface area contributed by atoms with Crippen molar-refractivity contribution < 1.29 is 29.7 Å². The molecule has 0 aromatic heterocycles. The van der Waals surface area contributed by atoms with Gasteiger partial charge in [0.25, 0.3) is 0 Å². The number of carboxylic acid groups (broad SMARTS) is 3. The van der Waals surface area contributed by atoms with Gasteiger partial charge in [-0.1, -0.05) is 0 Å². The summed E-state index contributed by atoms with van der Waals surface area (Å²) in [6, 6.07) is -1.26. The molecule has 0 aliphatic rings. The first kappa shape index (κ1) is 21.4. The highest BCUT2D eigenvalue weighted by molar-refractivity contribution is 7.80. The van der Waals surface area contributed by atoms with Crippen molar-refractivity contribution in [3.8, 4) is 0 Å². The van der Waals surface area contributed by atoms with Crippen LogP contribution in [0.25, 0.3) is 0 Å². The van der Waals surface area contributed by atoms with Crippen LogP contribution in [-0.4, -0.2) is 73.5 Å². The Hall–Kier alpha value is -0.580. The van der Waals surface area contributed by atoms with Gasteiger partial charge in [0.2, 0.25) is 0 Å². The van der Waals surface area contributed by atoms with Crippen LogP contribution in [0.1, 0.15) is 19.3 Å². The highest BCUT2D eigenvalue weighted by Crippen LogP contribution is 2.29. The second-order valence-electron chi connectivity index (χ2n) is 4.67. The first-order chi connectivity index (χ1) is 10.3. The van der Waals surface area contributed by atoms with Crippen LogP contribution in [0.5, 0.6) is 0 Å². The molecule has 0 spiro atoms. The number of aliphatic carboxylic acids is 3. The third-order valence-electron chi connectivity index (χ3n) is 3.37. The Morgan fingerprint density at radius 3 is 1.73 bits per heavy atom. The second kappa shape index (κ2) is 10.2. The van der Waals surface area contributed by atoms with E-state index >= 15 is 0 Å². The highest BCUT2D eigenvalue weighted by Gasteiger charge is 2.48. The van der Waals surface area contributed by atoms with E-state index < -0.39 is 36.0 Å². The van der Waals surface area contributed by atoms with Crippen LogP contribution in [-0.2, 0) is 14.4 Å². The topological polar surface area (TPSA) is 115 Å². The second-order valence-corrected chi connectivity index (χ2v) is 6.01. The first-order valence-electron chi connectivity index (χ1n) is 6.54. The van der Waals surface area contributed by atoms with Gasteiger partial charge in [-0.15, -0.1) is 0 Å². The number of hydrogen-bond donors (Lipinski definition) is 6. The molecular weight excluding hydrogens is 350 g/mol. The fourth-order valence-corrected chi connectivity index (χ4v) is 3.34. The zero-order valence-corrected chi connectivity index (χ0v) is 14.6. The summed E-state index contributed by atoms with van der Waals surface area (Å²) < 4.78 is 0. The Bertz CT molecular complexity index is 400. The quantitative estimate of drug-likeness (QED) is 0.279. The van der Waals surface area contributed by atoms with Gasteiger partial charge in [-0.25, -0.2) is 0 Å². The van der Waals surface area contributed by atoms with Crippen molar-refractivity contribution in [1.29, 1.82) is 0 Å². The highest BCUT2D eigenvalue weighted by atomic mass is 32.1. The molecular formula is C12H21NO6S3. The van der Waals surface area contributed by atoms with Crippen molar-refractivity contribution in [2.75, 3.05) is 23.8 Å². The summed E-state index contributed by atoms with van der Waals surface area (Å²) >= 11 is 12.0. The van der Waals surface area contributed by atoms with Gasteiger partial charge in [0, 0.05) is 0 Å². The normalized spacial score (nSPS) is 13.1. The van der Waals surface area contributed by atoms with E-state index in [1.807, 2.05) is 0 Å².